The average Bonchev–Trinajstić information content (AvgIpc) is 3.31. The first-order valence-corrected chi connectivity index (χ1v) is 8.80. The molecule has 1 aliphatic heterocycles. The van der Waals surface area contributed by atoms with Crippen LogP contribution in [-0.4, -0.2) is 22.4 Å². The Morgan fingerprint density at radius 1 is 1.29 bits per heavy atom. The topological polar surface area (TPSA) is 39.4 Å². The lowest BCUT2D eigenvalue weighted by atomic mass is 10.1. The van der Waals surface area contributed by atoms with E-state index in [1.165, 1.54) is 23.9 Å². The first-order chi connectivity index (χ1) is 11.8. The number of fused-ring (bicyclic) bond motifs is 1. The maximum atomic E-state index is 5.59. The Morgan fingerprint density at radius 2 is 2.17 bits per heavy atom. The van der Waals surface area contributed by atoms with Gasteiger partial charge in [-0.3, -0.25) is 4.99 Å². The molecule has 0 atom stereocenters. The monoisotopic (exact) mass is 321 g/mol. The fourth-order valence-corrected chi connectivity index (χ4v) is 3.25. The van der Waals surface area contributed by atoms with Gasteiger partial charge in [-0.05, 0) is 50.8 Å². The molecule has 124 valence electrons. The summed E-state index contributed by atoms with van der Waals surface area (Å²) in [5.74, 6) is 2.01. The SMILES string of the molecule is CCOC1=CN=CC(c2nc3cc(C)ccc3n2C2CC2)=CCC1. The number of rotatable bonds is 4. The first kappa shape index (κ1) is 15.2. The Kier molecular flexibility index (Phi) is 3.97. The number of hydrogen-bond acceptors (Lipinski definition) is 3. The molecule has 0 bridgehead atoms. The number of hydrogen-bond donors (Lipinski definition) is 0. The molecule has 2 aliphatic rings. The molecule has 0 unspecified atom stereocenters. The van der Waals surface area contributed by atoms with Crippen molar-refractivity contribution in [3.8, 4) is 0 Å². The summed E-state index contributed by atoms with van der Waals surface area (Å²) in [5.41, 5.74) is 4.68. The highest BCUT2D eigenvalue weighted by molar-refractivity contribution is 6.09. The van der Waals surface area contributed by atoms with Crippen LogP contribution in [0.1, 0.15) is 50.0 Å². The van der Waals surface area contributed by atoms with Crippen LogP contribution in [0.4, 0.5) is 0 Å². The largest absolute Gasteiger partial charge is 0.497 e. The van der Waals surface area contributed by atoms with Crippen molar-refractivity contribution in [3.05, 3.63) is 47.6 Å². The molecule has 0 radical (unpaired) electrons. The van der Waals surface area contributed by atoms with E-state index in [2.05, 4.69) is 40.8 Å². The van der Waals surface area contributed by atoms with Gasteiger partial charge in [0, 0.05) is 24.3 Å². The summed E-state index contributed by atoms with van der Waals surface area (Å²) in [5, 5.41) is 0. The third-order valence-corrected chi connectivity index (χ3v) is 4.53. The lowest BCUT2D eigenvalue weighted by Gasteiger charge is -2.11. The number of nitrogens with zero attached hydrogens (tertiary/aromatic N) is 3. The number of aromatic nitrogens is 2. The molecule has 0 spiro atoms. The van der Waals surface area contributed by atoms with Crippen LogP contribution in [-0.2, 0) is 4.74 Å². The number of ether oxygens (including phenoxy) is 1. The van der Waals surface area contributed by atoms with E-state index in [1.54, 1.807) is 0 Å². The summed E-state index contributed by atoms with van der Waals surface area (Å²) in [7, 11) is 0. The molecule has 4 nitrogen and oxygen atoms in total. The second-order valence-electron chi connectivity index (χ2n) is 6.53. The predicted octanol–water partition coefficient (Wildman–Crippen LogP) is 4.81. The highest BCUT2D eigenvalue weighted by atomic mass is 16.5. The molecular weight excluding hydrogens is 298 g/mol. The quantitative estimate of drug-likeness (QED) is 0.811. The molecule has 1 aromatic heterocycles. The number of benzene rings is 1. The van der Waals surface area contributed by atoms with Gasteiger partial charge in [0.2, 0.25) is 0 Å². The van der Waals surface area contributed by atoms with Crippen molar-refractivity contribution in [3.63, 3.8) is 0 Å². The third-order valence-electron chi connectivity index (χ3n) is 4.53. The summed E-state index contributed by atoms with van der Waals surface area (Å²) in [6.07, 6.45) is 10.3. The van der Waals surface area contributed by atoms with Crippen LogP contribution in [0, 0.1) is 6.92 Å². The Balaban J connectivity index is 1.76. The lowest BCUT2D eigenvalue weighted by Crippen LogP contribution is -2.03. The van der Waals surface area contributed by atoms with Gasteiger partial charge >= 0.3 is 0 Å². The van der Waals surface area contributed by atoms with Crippen LogP contribution in [0.2, 0.25) is 0 Å². The van der Waals surface area contributed by atoms with Crippen LogP contribution in [0.25, 0.3) is 16.6 Å². The van der Waals surface area contributed by atoms with Crippen molar-refractivity contribution in [1.29, 1.82) is 0 Å². The van der Waals surface area contributed by atoms with E-state index in [9.17, 15) is 0 Å². The van der Waals surface area contributed by atoms with Crippen molar-refractivity contribution in [2.45, 2.75) is 45.6 Å². The van der Waals surface area contributed by atoms with Crippen LogP contribution >= 0.6 is 0 Å². The maximum Gasteiger partial charge on any atom is 0.142 e. The maximum absolute atomic E-state index is 5.59. The van der Waals surface area contributed by atoms with E-state index < -0.39 is 0 Å². The fraction of sp³-hybridized carbons (Fsp3) is 0.400. The van der Waals surface area contributed by atoms with E-state index in [0.717, 1.165) is 35.5 Å². The fourth-order valence-electron chi connectivity index (χ4n) is 3.25. The minimum absolute atomic E-state index is 0.585. The first-order valence-electron chi connectivity index (χ1n) is 8.80. The normalized spacial score (nSPS) is 18.1. The molecule has 1 saturated carbocycles. The van der Waals surface area contributed by atoms with Gasteiger partial charge in [0.1, 0.15) is 11.6 Å². The molecule has 0 saturated heterocycles. The Hall–Kier alpha value is -2.36. The Bertz CT molecular complexity index is 853. The van der Waals surface area contributed by atoms with E-state index in [1.807, 2.05) is 19.3 Å². The summed E-state index contributed by atoms with van der Waals surface area (Å²) in [4.78, 5) is 9.40. The van der Waals surface area contributed by atoms with Crippen molar-refractivity contribution in [2.24, 2.45) is 4.99 Å². The van der Waals surface area contributed by atoms with E-state index in [0.29, 0.717) is 12.6 Å². The van der Waals surface area contributed by atoms with Gasteiger partial charge in [-0.15, -0.1) is 0 Å². The van der Waals surface area contributed by atoms with Gasteiger partial charge in [0.05, 0.1) is 23.8 Å². The highest BCUT2D eigenvalue weighted by Gasteiger charge is 2.29. The Labute approximate surface area is 142 Å². The molecule has 1 fully saturated rings. The standard InChI is InChI=1S/C20H23N3O/c1-3-24-17-6-4-5-15(12-21-13-17)20-22-18-11-14(2)7-10-19(18)23(20)16-8-9-16/h5,7,10-13,16H,3-4,6,8-9H2,1-2H3. The summed E-state index contributed by atoms with van der Waals surface area (Å²) in [6.45, 7) is 4.81. The number of imidazole rings is 1. The second kappa shape index (κ2) is 6.27. The average molecular weight is 321 g/mol. The zero-order chi connectivity index (χ0) is 16.5. The molecule has 0 N–H and O–H groups in total. The molecule has 1 aromatic carbocycles. The van der Waals surface area contributed by atoms with Gasteiger partial charge in [-0.2, -0.15) is 0 Å². The highest BCUT2D eigenvalue weighted by Crippen LogP contribution is 2.40. The van der Waals surface area contributed by atoms with Crippen LogP contribution in [0.15, 0.2) is 41.2 Å². The minimum Gasteiger partial charge on any atom is -0.497 e. The van der Waals surface area contributed by atoms with Crippen molar-refractivity contribution >= 4 is 22.8 Å². The summed E-state index contributed by atoms with van der Waals surface area (Å²) < 4.78 is 7.99. The van der Waals surface area contributed by atoms with Crippen molar-refractivity contribution < 1.29 is 4.74 Å². The molecule has 4 rings (SSSR count). The smallest absolute Gasteiger partial charge is 0.142 e. The molecule has 0 amide bonds. The van der Waals surface area contributed by atoms with Crippen LogP contribution in [0.5, 0.6) is 0 Å². The summed E-state index contributed by atoms with van der Waals surface area (Å²) in [6, 6.07) is 7.13. The zero-order valence-electron chi connectivity index (χ0n) is 14.3. The molecule has 1 aliphatic carbocycles. The number of aryl methyl sites for hydroxylation is 1. The third kappa shape index (κ3) is 2.88. The number of allylic oxidation sites excluding steroid dienone is 3. The summed E-state index contributed by atoms with van der Waals surface area (Å²) >= 11 is 0. The van der Waals surface area contributed by atoms with Crippen LogP contribution in [0.3, 0.4) is 0 Å². The van der Waals surface area contributed by atoms with Gasteiger partial charge in [0.25, 0.3) is 0 Å². The molecule has 2 heterocycles. The second-order valence-corrected chi connectivity index (χ2v) is 6.53. The van der Waals surface area contributed by atoms with Gasteiger partial charge < -0.3 is 9.30 Å². The van der Waals surface area contributed by atoms with E-state index in [4.69, 9.17) is 9.72 Å². The van der Waals surface area contributed by atoms with E-state index in [-0.39, 0.29) is 0 Å². The Morgan fingerprint density at radius 3 is 2.96 bits per heavy atom. The minimum atomic E-state index is 0.585. The zero-order valence-corrected chi connectivity index (χ0v) is 14.3. The molecular formula is C20H23N3O. The van der Waals surface area contributed by atoms with E-state index >= 15 is 0 Å². The van der Waals surface area contributed by atoms with Gasteiger partial charge in [-0.1, -0.05) is 12.1 Å². The van der Waals surface area contributed by atoms with Gasteiger partial charge in [0.15, 0.2) is 0 Å². The van der Waals surface area contributed by atoms with Crippen molar-refractivity contribution in [1.82, 2.24) is 9.55 Å². The van der Waals surface area contributed by atoms with Crippen LogP contribution < -0.4 is 0 Å². The molecule has 4 heteroatoms. The lowest BCUT2D eigenvalue weighted by molar-refractivity contribution is 0.218. The predicted molar refractivity (Wildman–Crippen MR) is 98.2 cm³/mol. The van der Waals surface area contributed by atoms with Gasteiger partial charge in [-0.25, -0.2) is 4.98 Å². The molecule has 24 heavy (non-hydrogen) atoms. The van der Waals surface area contributed by atoms with Crippen molar-refractivity contribution in [2.75, 3.05) is 6.61 Å². The number of aliphatic imine (C=N–C) groups is 1. The molecule has 2 aromatic rings.